The largest absolute Gasteiger partial charge is 0.461 e. The fraction of sp³-hybridized carbons (Fsp3) is 0.368. The van der Waals surface area contributed by atoms with E-state index in [0.29, 0.717) is 12.8 Å². The number of carbonyl (C=O) groups excluding carboxylic acids is 1. The molecule has 1 aromatic carbocycles. The van der Waals surface area contributed by atoms with Gasteiger partial charge in [-0.25, -0.2) is 4.98 Å². The van der Waals surface area contributed by atoms with E-state index in [4.69, 9.17) is 4.42 Å². The van der Waals surface area contributed by atoms with E-state index in [0.717, 1.165) is 47.6 Å². The molecule has 2 aromatic heterocycles. The Morgan fingerprint density at radius 1 is 1.42 bits per heavy atom. The monoisotopic (exact) mass is 323 g/mol. The Kier molecular flexibility index (Phi) is 3.84. The fourth-order valence-electron chi connectivity index (χ4n) is 3.40. The first-order chi connectivity index (χ1) is 11.7. The number of rotatable bonds is 4. The minimum Gasteiger partial charge on any atom is -0.461 e. The van der Waals surface area contributed by atoms with Crippen LogP contribution in [0.15, 0.2) is 40.9 Å². The van der Waals surface area contributed by atoms with Crippen LogP contribution < -0.4 is 5.32 Å². The molecular weight excluding hydrogens is 302 g/mol. The van der Waals surface area contributed by atoms with E-state index in [2.05, 4.69) is 21.1 Å². The Hall–Kier alpha value is -2.56. The molecule has 4 rings (SSSR count). The molecule has 3 heterocycles. The van der Waals surface area contributed by atoms with Crippen LogP contribution in [-0.2, 0) is 24.2 Å². The van der Waals surface area contributed by atoms with E-state index >= 15 is 0 Å². The van der Waals surface area contributed by atoms with Gasteiger partial charge >= 0.3 is 0 Å². The van der Waals surface area contributed by atoms with Crippen LogP contribution in [0.2, 0.25) is 0 Å². The summed E-state index contributed by atoms with van der Waals surface area (Å²) in [6.45, 7) is 2.82. The number of para-hydroxylation sites is 1. The number of imidazole rings is 1. The van der Waals surface area contributed by atoms with Gasteiger partial charge < -0.3 is 14.3 Å². The molecule has 1 aliphatic rings. The van der Waals surface area contributed by atoms with Gasteiger partial charge in [-0.3, -0.25) is 4.79 Å². The van der Waals surface area contributed by atoms with Crippen molar-refractivity contribution in [3.05, 3.63) is 53.8 Å². The highest BCUT2D eigenvalue weighted by Crippen LogP contribution is 2.20. The van der Waals surface area contributed by atoms with Crippen molar-refractivity contribution in [1.29, 1.82) is 0 Å². The van der Waals surface area contributed by atoms with Gasteiger partial charge in [0, 0.05) is 43.4 Å². The predicted molar refractivity (Wildman–Crippen MR) is 91.8 cm³/mol. The van der Waals surface area contributed by atoms with Crippen molar-refractivity contribution in [1.82, 2.24) is 14.9 Å². The summed E-state index contributed by atoms with van der Waals surface area (Å²) in [5.74, 6) is 2.07. The zero-order valence-corrected chi connectivity index (χ0v) is 13.8. The van der Waals surface area contributed by atoms with E-state index in [9.17, 15) is 4.79 Å². The molecule has 1 amide bonds. The highest BCUT2D eigenvalue weighted by Gasteiger charge is 2.21. The van der Waals surface area contributed by atoms with Gasteiger partial charge in [0.15, 0.2) is 0 Å². The molecule has 1 N–H and O–H groups in total. The second-order valence-electron chi connectivity index (χ2n) is 6.50. The first-order valence-corrected chi connectivity index (χ1v) is 8.47. The van der Waals surface area contributed by atoms with Crippen LogP contribution in [0.3, 0.4) is 0 Å². The number of hydrogen-bond acceptors (Lipinski definition) is 3. The van der Waals surface area contributed by atoms with Crippen molar-refractivity contribution in [3.63, 3.8) is 0 Å². The van der Waals surface area contributed by atoms with Gasteiger partial charge in [0.05, 0.1) is 5.69 Å². The van der Waals surface area contributed by atoms with Crippen LogP contribution in [0.25, 0.3) is 11.0 Å². The van der Waals surface area contributed by atoms with Gasteiger partial charge in [-0.15, -0.1) is 0 Å². The molecule has 1 atom stereocenters. The van der Waals surface area contributed by atoms with Crippen molar-refractivity contribution in [3.8, 4) is 0 Å². The third-order valence-corrected chi connectivity index (χ3v) is 4.55. The molecule has 0 bridgehead atoms. The maximum Gasteiger partial charge on any atom is 0.220 e. The Bertz CT molecular complexity index is 845. The average Bonchev–Trinajstić information content (AvgIpc) is 3.14. The number of hydrogen-bond donors (Lipinski definition) is 1. The highest BCUT2D eigenvalue weighted by molar-refractivity contribution is 5.79. The molecule has 0 radical (unpaired) electrons. The maximum atomic E-state index is 12.2. The topological polar surface area (TPSA) is 60.1 Å². The van der Waals surface area contributed by atoms with Crippen molar-refractivity contribution < 1.29 is 9.21 Å². The van der Waals surface area contributed by atoms with Gasteiger partial charge in [0.2, 0.25) is 5.91 Å². The van der Waals surface area contributed by atoms with Gasteiger partial charge in [0.25, 0.3) is 0 Å². The van der Waals surface area contributed by atoms with Crippen LogP contribution in [0.4, 0.5) is 0 Å². The number of amides is 1. The van der Waals surface area contributed by atoms with Crippen LogP contribution in [0.1, 0.15) is 30.1 Å². The predicted octanol–water partition coefficient (Wildman–Crippen LogP) is 3.00. The molecule has 5 nitrogen and oxygen atoms in total. The summed E-state index contributed by atoms with van der Waals surface area (Å²) in [6.07, 6.45) is 5.01. The molecule has 124 valence electrons. The Balaban J connectivity index is 1.32. The third kappa shape index (κ3) is 3.07. The molecule has 0 saturated carbocycles. The van der Waals surface area contributed by atoms with Gasteiger partial charge in [-0.05, 0) is 25.5 Å². The Morgan fingerprint density at radius 2 is 2.29 bits per heavy atom. The smallest absolute Gasteiger partial charge is 0.220 e. The molecule has 0 aliphatic carbocycles. The molecular formula is C19H21N3O2. The van der Waals surface area contributed by atoms with E-state index in [1.165, 1.54) is 0 Å². The lowest BCUT2D eigenvalue weighted by atomic mass is 10.1. The second kappa shape index (κ2) is 6.15. The first kappa shape index (κ1) is 15.0. The van der Waals surface area contributed by atoms with Crippen LogP contribution in [-0.4, -0.2) is 21.5 Å². The van der Waals surface area contributed by atoms with Gasteiger partial charge in [-0.2, -0.15) is 0 Å². The van der Waals surface area contributed by atoms with Crippen molar-refractivity contribution in [2.75, 3.05) is 0 Å². The summed E-state index contributed by atoms with van der Waals surface area (Å²) in [5, 5.41) is 4.23. The standard InChI is InChI=1S/C19H21N3O2/c1-13-11-22-12-15(6-8-18(22)20-13)21-19(23)9-7-16-10-14-4-2-3-5-17(14)24-16/h2-5,10-11,15H,6-9,12H2,1H3,(H,21,23). The van der Waals surface area contributed by atoms with Gasteiger partial charge in [-0.1, -0.05) is 18.2 Å². The first-order valence-electron chi connectivity index (χ1n) is 8.47. The summed E-state index contributed by atoms with van der Waals surface area (Å²) in [7, 11) is 0. The summed E-state index contributed by atoms with van der Waals surface area (Å²) < 4.78 is 7.92. The molecule has 24 heavy (non-hydrogen) atoms. The lowest BCUT2D eigenvalue weighted by Crippen LogP contribution is -2.40. The summed E-state index contributed by atoms with van der Waals surface area (Å²) in [6, 6.07) is 10.1. The normalized spacial score (nSPS) is 17.0. The summed E-state index contributed by atoms with van der Waals surface area (Å²) in [5.41, 5.74) is 1.92. The van der Waals surface area contributed by atoms with Crippen molar-refractivity contribution >= 4 is 16.9 Å². The van der Waals surface area contributed by atoms with Gasteiger partial charge in [0.1, 0.15) is 17.2 Å². The lowest BCUT2D eigenvalue weighted by molar-refractivity contribution is -0.122. The Labute approximate surface area is 140 Å². The minimum absolute atomic E-state index is 0.0840. The van der Waals surface area contributed by atoms with Crippen LogP contribution in [0, 0.1) is 6.92 Å². The molecule has 5 heteroatoms. The highest BCUT2D eigenvalue weighted by atomic mass is 16.3. The second-order valence-corrected chi connectivity index (χ2v) is 6.50. The average molecular weight is 323 g/mol. The van der Waals surface area contributed by atoms with Crippen molar-refractivity contribution in [2.24, 2.45) is 0 Å². The quantitative estimate of drug-likeness (QED) is 0.803. The van der Waals surface area contributed by atoms with Crippen LogP contribution in [0.5, 0.6) is 0 Å². The fourth-order valence-corrected chi connectivity index (χ4v) is 3.40. The van der Waals surface area contributed by atoms with E-state index in [-0.39, 0.29) is 11.9 Å². The molecule has 1 unspecified atom stereocenters. The molecule has 0 spiro atoms. The zero-order valence-electron chi connectivity index (χ0n) is 13.8. The molecule has 1 aliphatic heterocycles. The number of nitrogens with one attached hydrogen (secondary N) is 1. The molecule has 3 aromatic rings. The number of aromatic nitrogens is 2. The lowest BCUT2D eigenvalue weighted by Gasteiger charge is -2.24. The number of nitrogens with zero attached hydrogens (tertiary/aromatic N) is 2. The minimum atomic E-state index is 0.0840. The third-order valence-electron chi connectivity index (χ3n) is 4.55. The molecule has 0 saturated heterocycles. The number of benzene rings is 1. The number of aryl methyl sites for hydroxylation is 3. The van der Waals surface area contributed by atoms with Crippen LogP contribution >= 0.6 is 0 Å². The maximum absolute atomic E-state index is 12.2. The van der Waals surface area contributed by atoms with E-state index in [1.807, 2.05) is 37.3 Å². The van der Waals surface area contributed by atoms with Crippen molar-refractivity contribution in [2.45, 2.75) is 45.2 Å². The molecule has 0 fully saturated rings. The zero-order chi connectivity index (χ0) is 16.5. The summed E-state index contributed by atoms with van der Waals surface area (Å²) in [4.78, 5) is 16.7. The number of carbonyl (C=O) groups is 1. The SMILES string of the molecule is Cc1cn2c(n1)CCC(NC(=O)CCc1cc3ccccc3o1)C2. The van der Waals surface area contributed by atoms with E-state index in [1.54, 1.807) is 0 Å². The summed E-state index contributed by atoms with van der Waals surface area (Å²) >= 11 is 0. The Morgan fingerprint density at radius 3 is 3.17 bits per heavy atom. The van der Waals surface area contributed by atoms with E-state index < -0.39 is 0 Å². The number of furan rings is 1. The number of fused-ring (bicyclic) bond motifs is 2.